The van der Waals surface area contributed by atoms with Gasteiger partial charge in [-0.2, -0.15) is 4.73 Å². The molecule has 0 saturated heterocycles. The topological polar surface area (TPSA) is 99.1 Å². The van der Waals surface area contributed by atoms with Crippen molar-refractivity contribution in [3.63, 3.8) is 0 Å². The lowest BCUT2D eigenvalue weighted by atomic mass is 10.1. The predicted molar refractivity (Wildman–Crippen MR) is 77.2 cm³/mol. The summed E-state index contributed by atoms with van der Waals surface area (Å²) in [5, 5.41) is 9.62. The number of carbonyl (C=O) groups is 1. The largest absolute Gasteiger partial charge is 0.427 e. The minimum atomic E-state index is -0.762. The van der Waals surface area contributed by atoms with Crippen molar-refractivity contribution in [2.24, 2.45) is 7.05 Å². The highest BCUT2D eigenvalue weighted by molar-refractivity contribution is 5.95. The lowest BCUT2D eigenvalue weighted by Crippen LogP contribution is -2.41. The first kappa shape index (κ1) is 13.8. The fourth-order valence-corrected chi connectivity index (χ4v) is 2.25. The number of aryl methyl sites for hydroxylation is 1. The maximum atomic E-state index is 12.3. The summed E-state index contributed by atoms with van der Waals surface area (Å²) >= 11 is 0. The van der Waals surface area contributed by atoms with Crippen LogP contribution in [-0.2, 0) is 13.6 Å². The van der Waals surface area contributed by atoms with E-state index in [0.717, 1.165) is 15.5 Å². The van der Waals surface area contributed by atoms with Gasteiger partial charge in [-0.1, -0.05) is 30.3 Å². The van der Waals surface area contributed by atoms with Gasteiger partial charge < -0.3 is 5.21 Å². The molecule has 3 rings (SSSR count). The standard InChI is InChI=1S/C14H12N4O4/c1-16-12-11(18(22)8-15-12)13(20)17(14(16)21)7-10(19)9-5-3-2-4-6-9/h2-6,8,22H,7H2,1H3. The third-order valence-corrected chi connectivity index (χ3v) is 3.41. The number of Topliss-reactive ketones (excluding diaryl/α,β-unsaturated/α-hetero) is 1. The summed E-state index contributed by atoms with van der Waals surface area (Å²) in [5.41, 5.74) is -1.12. The zero-order chi connectivity index (χ0) is 15.9. The van der Waals surface area contributed by atoms with E-state index in [0.29, 0.717) is 10.3 Å². The lowest BCUT2D eigenvalue weighted by molar-refractivity contribution is 0.0968. The molecule has 0 spiro atoms. The van der Waals surface area contributed by atoms with Gasteiger partial charge in [0.05, 0.1) is 6.54 Å². The Bertz CT molecular complexity index is 982. The summed E-state index contributed by atoms with van der Waals surface area (Å²) in [6.07, 6.45) is 1.02. The van der Waals surface area contributed by atoms with Crippen molar-refractivity contribution in [2.75, 3.05) is 0 Å². The van der Waals surface area contributed by atoms with E-state index in [9.17, 15) is 19.6 Å². The molecule has 0 aliphatic rings. The monoisotopic (exact) mass is 300 g/mol. The third-order valence-electron chi connectivity index (χ3n) is 3.41. The third kappa shape index (κ3) is 2.01. The van der Waals surface area contributed by atoms with Gasteiger partial charge in [-0.3, -0.25) is 18.7 Å². The molecule has 8 heteroatoms. The molecule has 0 aliphatic heterocycles. The minimum Gasteiger partial charge on any atom is -0.427 e. The van der Waals surface area contributed by atoms with Gasteiger partial charge in [-0.25, -0.2) is 9.78 Å². The predicted octanol–water partition coefficient (Wildman–Crippen LogP) is 0.0169. The molecule has 0 radical (unpaired) electrons. The molecular weight excluding hydrogens is 288 g/mol. The smallest absolute Gasteiger partial charge is 0.332 e. The molecule has 112 valence electrons. The van der Waals surface area contributed by atoms with Crippen LogP contribution in [0.4, 0.5) is 0 Å². The molecule has 3 aromatic rings. The van der Waals surface area contributed by atoms with Crippen molar-refractivity contribution >= 4 is 16.9 Å². The molecule has 0 atom stereocenters. The van der Waals surface area contributed by atoms with Gasteiger partial charge in [0.2, 0.25) is 0 Å². The summed E-state index contributed by atoms with van der Waals surface area (Å²) < 4.78 is 2.44. The minimum absolute atomic E-state index is 0.0564. The number of ketones is 1. The van der Waals surface area contributed by atoms with Crippen LogP contribution in [-0.4, -0.2) is 29.8 Å². The molecule has 1 aromatic carbocycles. The van der Waals surface area contributed by atoms with E-state index in [1.165, 1.54) is 7.05 Å². The first-order chi connectivity index (χ1) is 10.5. The summed E-state index contributed by atoms with van der Waals surface area (Å²) in [6.45, 7) is -0.406. The molecule has 0 bridgehead atoms. The Kier molecular flexibility index (Phi) is 3.13. The van der Waals surface area contributed by atoms with Crippen LogP contribution in [0.5, 0.6) is 0 Å². The molecule has 1 N–H and O–H groups in total. The second-order valence-corrected chi connectivity index (χ2v) is 4.78. The SMILES string of the molecule is Cn1c(=O)n(CC(=O)c2ccccc2)c(=O)c2c1ncn2O. The summed E-state index contributed by atoms with van der Waals surface area (Å²) in [6, 6.07) is 8.36. The normalized spacial score (nSPS) is 11.0. The van der Waals surface area contributed by atoms with Crippen molar-refractivity contribution in [2.45, 2.75) is 6.54 Å². The Morgan fingerprint density at radius 3 is 2.59 bits per heavy atom. The number of nitrogens with zero attached hydrogens (tertiary/aromatic N) is 4. The second-order valence-electron chi connectivity index (χ2n) is 4.78. The van der Waals surface area contributed by atoms with Crippen molar-refractivity contribution in [1.82, 2.24) is 18.8 Å². The highest BCUT2D eigenvalue weighted by Gasteiger charge is 2.18. The molecule has 0 saturated carbocycles. The van der Waals surface area contributed by atoms with Crippen LogP contribution in [0.25, 0.3) is 11.2 Å². The average molecular weight is 300 g/mol. The Hall–Kier alpha value is -3.16. The van der Waals surface area contributed by atoms with Gasteiger partial charge in [0, 0.05) is 12.6 Å². The van der Waals surface area contributed by atoms with Crippen LogP contribution in [0.1, 0.15) is 10.4 Å². The number of hydrogen-bond donors (Lipinski definition) is 1. The highest BCUT2D eigenvalue weighted by atomic mass is 16.5. The zero-order valence-corrected chi connectivity index (χ0v) is 11.6. The average Bonchev–Trinajstić information content (AvgIpc) is 2.92. The van der Waals surface area contributed by atoms with Crippen molar-refractivity contribution in [3.05, 3.63) is 63.1 Å². The van der Waals surface area contributed by atoms with Crippen molar-refractivity contribution < 1.29 is 10.0 Å². The van der Waals surface area contributed by atoms with Crippen LogP contribution in [0.15, 0.2) is 46.2 Å². The lowest BCUT2D eigenvalue weighted by Gasteiger charge is -2.07. The molecule has 2 heterocycles. The van der Waals surface area contributed by atoms with E-state index < -0.39 is 17.8 Å². The number of benzene rings is 1. The van der Waals surface area contributed by atoms with Gasteiger partial charge in [0.25, 0.3) is 5.56 Å². The Balaban J connectivity index is 2.16. The fraction of sp³-hybridized carbons (Fsp3) is 0.143. The van der Waals surface area contributed by atoms with Crippen LogP contribution < -0.4 is 11.2 Å². The van der Waals surface area contributed by atoms with Gasteiger partial charge in [0.15, 0.2) is 16.9 Å². The van der Waals surface area contributed by atoms with Gasteiger partial charge in [0.1, 0.15) is 6.33 Å². The molecule has 8 nitrogen and oxygen atoms in total. The second kappa shape index (κ2) is 4.99. The molecule has 0 unspecified atom stereocenters. The maximum Gasteiger partial charge on any atom is 0.332 e. The number of aromatic nitrogens is 4. The number of imidazole rings is 1. The van der Waals surface area contributed by atoms with Crippen LogP contribution >= 0.6 is 0 Å². The first-order valence-corrected chi connectivity index (χ1v) is 6.45. The van der Waals surface area contributed by atoms with E-state index in [1.54, 1.807) is 30.3 Å². The summed E-state index contributed by atoms with van der Waals surface area (Å²) in [4.78, 5) is 40.5. The van der Waals surface area contributed by atoms with Crippen LogP contribution in [0.2, 0.25) is 0 Å². The van der Waals surface area contributed by atoms with Crippen molar-refractivity contribution in [3.8, 4) is 0 Å². The number of carbonyl (C=O) groups excluding carboxylic acids is 1. The molecule has 22 heavy (non-hydrogen) atoms. The first-order valence-electron chi connectivity index (χ1n) is 6.45. The summed E-state index contributed by atoms with van der Waals surface area (Å²) in [7, 11) is 1.42. The van der Waals surface area contributed by atoms with Crippen molar-refractivity contribution in [1.29, 1.82) is 0 Å². The Morgan fingerprint density at radius 2 is 1.91 bits per heavy atom. The molecule has 0 amide bonds. The Morgan fingerprint density at radius 1 is 1.23 bits per heavy atom. The van der Waals surface area contributed by atoms with Gasteiger partial charge >= 0.3 is 5.69 Å². The molecule has 0 fully saturated rings. The summed E-state index contributed by atoms with van der Waals surface area (Å²) in [5.74, 6) is -0.372. The number of hydrogen-bond acceptors (Lipinski definition) is 5. The van der Waals surface area contributed by atoms with E-state index >= 15 is 0 Å². The quantitative estimate of drug-likeness (QED) is 0.543. The maximum absolute atomic E-state index is 12.3. The molecule has 2 aromatic heterocycles. The Labute approximate surface area is 123 Å². The van der Waals surface area contributed by atoms with E-state index in [1.807, 2.05) is 0 Å². The van der Waals surface area contributed by atoms with Crippen LogP contribution in [0, 0.1) is 0 Å². The van der Waals surface area contributed by atoms with Crippen LogP contribution in [0.3, 0.4) is 0 Å². The number of fused-ring (bicyclic) bond motifs is 1. The molecular formula is C14H12N4O4. The van der Waals surface area contributed by atoms with Gasteiger partial charge in [-0.05, 0) is 0 Å². The van der Waals surface area contributed by atoms with Gasteiger partial charge in [-0.15, -0.1) is 0 Å². The zero-order valence-electron chi connectivity index (χ0n) is 11.6. The van der Waals surface area contributed by atoms with E-state index in [-0.39, 0.29) is 16.9 Å². The fourth-order valence-electron chi connectivity index (χ4n) is 2.25. The highest BCUT2D eigenvalue weighted by Crippen LogP contribution is 2.04. The number of rotatable bonds is 3. The molecule has 0 aliphatic carbocycles. The van der Waals surface area contributed by atoms with E-state index in [4.69, 9.17) is 0 Å². The van der Waals surface area contributed by atoms with E-state index in [2.05, 4.69) is 4.98 Å².